The second-order valence-corrected chi connectivity index (χ2v) is 7.12. The molecule has 0 atom stereocenters. The van der Waals surface area contributed by atoms with Gasteiger partial charge in [-0.05, 0) is 6.07 Å². The number of benzene rings is 1. The Labute approximate surface area is 123 Å². The van der Waals surface area contributed by atoms with E-state index in [1.807, 2.05) is 0 Å². The van der Waals surface area contributed by atoms with Crippen molar-refractivity contribution in [2.45, 2.75) is 0 Å². The first-order valence-electron chi connectivity index (χ1n) is 6.34. The maximum absolute atomic E-state index is 12.2. The van der Waals surface area contributed by atoms with Crippen LogP contribution in [0.15, 0.2) is 30.8 Å². The number of amides is 2. The number of rotatable bonds is 5. The summed E-state index contributed by atoms with van der Waals surface area (Å²) in [6, 6.07) is 7.01. The Balaban J connectivity index is 1.97. The molecular formula is C14H16N2O4S. The first-order valence-corrected chi connectivity index (χ1v) is 8.40. The van der Waals surface area contributed by atoms with Crippen LogP contribution in [0.3, 0.4) is 0 Å². The van der Waals surface area contributed by atoms with Gasteiger partial charge in [0.2, 0.25) is 5.91 Å². The van der Waals surface area contributed by atoms with Crippen LogP contribution in [0.4, 0.5) is 0 Å². The van der Waals surface area contributed by atoms with Crippen LogP contribution in [0.1, 0.15) is 15.9 Å². The van der Waals surface area contributed by atoms with Crippen LogP contribution in [-0.4, -0.2) is 50.2 Å². The minimum absolute atomic E-state index is 0.0269. The Morgan fingerprint density at radius 3 is 2.48 bits per heavy atom. The number of nitrogens with one attached hydrogen (secondary N) is 1. The summed E-state index contributed by atoms with van der Waals surface area (Å²) >= 11 is 0. The van der Waals surface area contributed by atoms with Gasteiger partial charge in [-0.3, -0.25) is 14.5 Å². The maximum Gasteiger partial charge on any atom is 0.259 e. The molecule has 0 fully saturated rings. The van der Waals surface area contributed by atoms with Crippen LogP contribution in [0.25, 0.3) is 5.70 Å². The van der Waals surface area contributed by atoms with Gasteiger partial charge in [-0.15, -0.1) is 0 Å². The molecule has 2 amide bonds. The van der Waals surface area contributed by atoms with Crippen molar-refractivity contribution < 1.29 is 18.0 Å². The van der Waals surface area contributed by atoms with Crippen molar-refractivity contribution in [2.24, 2.45) is 0 Å². The SMILES string of the molecule is C=C1c2ccccc2C(=O)N1CC(=O)NCCS(C)(=O)=O. The van der Waals surface area contributed by atoms with E-state index in [2.05, 4.69) is 11.9 Å². The predicted octanol–water partition coefficient (Wildman–Crippen LogP) is 0.274. The highest BCUT2D eigenvalue weighted by Crippen LogP contribution is 2.30. The average molecular weight is 308 g/mol. The lowest BCUT2D eigenvalue weighted by Gasteiger charge is -2.16. The Morgan fingerprint density at radius 2 is 1.90 bits per heavy atom. The minimum atomic E-state index is -3.13. The first-order chi connectivity index (χ1) is 9.79. The fourth-order valence-corrected chi connectivity index (χ4v) is 2.55. The van der Waals surface area contributed by atoms with E-state index in [1.165, 1.54) is 4.90 Å². The van der Waals surface area contributed by atoms with Gasteiger partial charge in [0.15, 0.2) is 0 Å². The van der Waals surface area contributed by atoms with Gasteiger partial charge in [0.25, 0.3) is 5.91 Å². The van der Waals surface area contributed by atoms with Gasteiger partial charge in [-0.1, -0.05) is 24.8 Å². The third kappa shape index (κ3) is 3.49. The second kappa shape index (κ2) is 5.69. The molecule has 2 rings (SSSR count). The van der Waals surface area contributed by atoms with E-state index in [9.17, 15) is 18.0 Å². The lowest BCUT2D eigenvalue weighted by atomic mass is 10.1. The standard InChI is InChI=1S/C14H16N2O4S/c1-10-11-5-3-4-6-12(11)14(18)16(10)9-13(17)15-7-8-21(2,19)20/h3-6H,1,7-9H2,2H3,(H,15,17). The summed E-state index contributed by atoms with van der Waals surface area (Å²) < 4.78 is 22.0. The van der Waals surface area contributed by atoms with E-state index < -0.39 is 15.7 Å². The van der Waals surface area contributed by atoms with Crippen molar-refractivity contribution in [2.75, 3.05) is 25.1 Å². The number of hydrogen-bond acceptors (Lipinski definition) is 4. The van der Waals surface area contributed by atoms with E-state index in [0.29, 0.717) is 16.8 Å². The number of hydrogen-bond donors (Lipinski definition) is 1. The zero-order chi connectivity index (χ0) is 15.6. The quantitative estimate of drug-likeness (QED) is 0.846. The summed E-state index contributed by atoms with van der Waals surface area (Å²) in [6.07, 6.45) is 1.10. The van der Waals surface area contributed by atoms with Gasteiger partial charge in [0, 0.05) is 29.6 Å². The molecule has 1 aromatic carbocycles. The number of carbonyl (C=O) groups excluding carboxylic acids is 2. The van der Waals surface area contributed by atoms with Gasteiger partial charge >= 0.3 is 0 Å². The predicted molar refractivity (Wildman–Crippen MR) is 79.2 cm³/mol. The molecule has 1 N–H and O–H groups in total. The van der Waals surface area contributed by atoms with Crippen LogP contribution in [0.5, 0.6) is 0 Å². The average Bonchev–Trinajstić information content (AvgIpc) is 2.63. The molecule has 7 heteroatoms. The largest absolute Gasteiger partial charge is 0.354 e. The number of fused-ring (bicyclic) bond motifs is 1. The van der Waals surface area contributed by atoms with Gasteiger partial charge in [0.1, 0.15) is 16.4 Å². The monoisotopic (exact) mass is 308 g/mol. The zero-order valence-electron chi connectivity index (χ0n) is 11.6. The summed E-state index contributed by atoms with van der Waals surface area (Å²) in [7, 11) is -3.13. The molecule has 1 heterocycles. The van der Waals surface area contributed by atoms with Crippen LogP contribution >= 0.6 is 0 Å². The highest BCUT2D eigenvalue weighted by molar-refractivity contribution is 7.90. The van der Waals surface area contributed by atoms with Crippen LogP contribution in [-0.2, 0) is 14.6 Å². The van der Waals surface area contributed by atoms with Crippen molar-refractivity contribution in [3.8, 4) is 0 Å². The molecule has 6 nitrogen and oxygen atoms in total. The van der Waals surface area contributed by atoms with Crippen LogP contribution < -0.4 is 5.32 Å². The number of sulfone groups is 1. The van der Waals surface area contributed by atoms with Gasteiger partial charge in [0.05, 0.1) is 5.75 Å². The minimum Gasteiger partial charge on any atom is -0.354 e. The molecule has 0 spiro atoms. The van der Waals surface area contributed by atoms with Crippen molar-refractivity contribution in [1.29, 1.82) is 0 Å². The van der Waals surface area contributed by atoms with E-state index in [1.54, 1.807) is 24.3 Å². The number of nitrogens with zero attached hydrogens (tertiary/aromatic N) is 1. The van der Waals surface area contributed by atoms with Crippen molar-refractivity contribution in [1.82, 2.24) is 10.2 Å². The van der Waals surface area contributed by atoms with Gasteiger partial charge < -0.3 is 5.32 Å². The normalized spacial score (nSPS) is 14.2. The van der Waals surface area contributed by atoms with Crippen molar-refractivity contribution in [3.63, 3.8) is 0 Å². The Morgan fingerprint density at radius 1 is 1.29 bits per heavy atom. The molecule has 1 aliphatic heterocycles. The molecule has 1 aliphatic rings. The second-order valence-electron chi connectivity index (χ2n) is 4.86. The molecule has 1 aromatic rings. The molecule has 112 valence electrons. The smallest absolute Gasteiger partial charge is 0.259 e. The Bertz CT molecular complexity index is 674. The molecule has 0 aromatic heterocycles. The lowest BCUT2D eigenvalue weighted by molar-refractivity contribution is -0.121. The summed E-state index contributed by atoms with van der Waals surface area (Å²) in [4.78, 5) is 25.2. The molecule has 0 unspecified atom stereocenters. The highest BCUT2D eigenvalue weighted by Gasteiger charge is 2.31. The first kappa shape index (κ1) is 15.2. The summed E-state index contributed by atoms with van der Waals surface area (Å²) in [5, 5.41) is 2.48. The van der Waals surface area contributed by atoms with E-state index in [0.717, 1.165) is 6.26 Å². The topological polar surface area (TPSA) is 83.6 Å². The molecule has 0 saturated heterocycles. The zero-order valence-corrected chi connectivity index (χ0v) is 12.4. The Hall–Kier alpha value is -2.15. The molecular weight excluding hydrogens is 292 g/mol. The fourth-order valence-electron chi connectivity index (χ4n) is 2.08. The van der Waals surface area contributed by atoms with E-state index >= 15 is 0 Å². The number of carbonyl (C=O) groups is 2. The summed E-state index contributed by atoms with van der Waals surface area (Å²) in [6.45, 7) is 3.69. The van der Waals surface area contributed by atoms with E-state index in [-0.39, 0.29) is 24.7 Å². The third-order valence-corrected chi connectivity index (χ3v) is 4.08. The van der Waals surface area contributed by atoms with Gasteiger partial charge in [-0.25, -0.2) is 8.42 Å². The molecule has 0 radical (unpaired) electrons. The highest BCUT2D eigenvalue weighted by atomic mass is 32.2. The molecule has 0 bridgehead atoms. The third-order valence-electron chi connectivity index (χ3n) is 3.14. The van der Waals surface area contributed by atoms with Crippen LogP contribution in [0, 0.1) is 0 Å². The fraction of sp³-hybridized carbons (Fsp3) is 0.286. The van der Waals surface area contributed by atoms with Crippen molar-refractivity contribution >= 4 is 27.3 Å². The molecule has 0 saturated carbocycles. The Kier molecular flexibility index (Phi) is 4.13. The molecule has 0 aliphatic carbocycles. The van der Waals surface area contributed by atoms with Gasteiger partial charge in [-0.2, -0.15) is 0 Å². The van der Waals surface area contributed by atoms with E-state index in [4.69, 9.17) is 0 Å². The summed E-state index contributed by atoms with van der Waals surface area (Å²) in [5.41, 5.74) is 1.71. The van der Waals surface area contributed by atoms with Crippen molar-refractivity contribution in [3.05, 3.63) is 42.0 Å². The lowest BCUT2D eigenvalue weighted by Crippen LogP contribution is -2.38. The summed E-state index contributed by atoms with van der Waals surface area (Å²) in [5.74, 6) is -0.816. The molecule has 21 heavy (non-hydrogen) atoms. The maximum atomic E-state index is 12.2. The van der Waals surface area contributed by atoms with Crippen LogP contribution in [0.2, 0.25) is 0 Å².